The summed E-state index contributed by atoms with van der Waals surface area (Å²) in [6, 6.07) is 11.5. The Morgan fingerprint density at radius 2 is 1.63 bits per heavy atom. The van der Waals surface area contributed by atoms with Gasteiger partial charge in [0.05, 0.1) is 0 Å². The first kappa shape index (κ1) is 14.6. The first-order valence-corrected chi connectivity index (χ1v) is 7.68. The standard InChI is InChI=1S/C18H29N/c1-6-12-19-15(13-14-10-8-7-9-11-14)16-17(2,3)18(16,4)5/h7-11,15-16,19H,6,12-13H2,1-5H3. The van der Waals surface area contributed by atoms with Gasteiger partial charge in [0.1, 0.15) is 0 Å². The molecule has 0 radical (unpaired) electrons. The lowest BCUT2D eigenvalue weighted by Gasteiger charge is -2.21. The Kier molecular flexibility index (Phi) is 4.06. The van der Waals surface area contributed by atoms with Crippen molar-refractivity contribution >= 4 is 0 Å². The first-order valence-electron chi connectivity index (χ1n) is 7.68. The summed E-state index contributed by atoms with van der Waals surface area (Å²) in [5, 5.41) is 3.79. The van der Waals surface area contributed by atoms with Gasteiger partial charge in [0.2, 0.25) is 0 Å². The van der Waals surface area contributed by atoms with Crippen LogP contribution in [0.2, 0.25) is 0 Å². The largest absolute Gasteiger partial charge is 0.313 e. The number of benzene rings is 1. The van der Waals surface area contributed by atoms with Crippen molar-refractivity contribution in [2.45, 2.75) is 53.5 Å². The Labute approximate surface area is 118 Å². The van der Waals surface area contributed by atoms with E-state index in [1.54, 1.807) is 0 Å². The highest BCUT2D eigenvalue weighted by Gasteiger charge is 2.66. The molecule has 0 aromatic heterocycles. The number of hydrogen-bond acceptors (Lipinski definition) is 1. The van der Waals surface area contributed by atoms with Gasteiger partial charge < -0.3 is 5.32 Å². The van der Waals surface area contributed by atoms with Crippen LogP contribution in [0.4, 0.5) is 0 Å². The summed E-state index contributed by atoms with van der Waals surface area (Å²) < 4.78 is 0. The molecular weight excluding hydrogens is 230 g/mol. The van der Waals surface area contributed by atoms with Crippen LogP contribution in [0, 0.1) is 16.7 Å². The van der Waals surface area contributed by atoms with Crippen LogP contribution in [0.3, 0.4) is 0 Å². The molecule has 1 atom stereocenters. The second-order valence-corrected chi connectivity index (χ2v) is 7.17. The Hall–Kier alpha value is -0.820. The van der Waals surface area contributed by atoms with Crippen molar-refractivity contribution in [3.63, 3.8) is 0 Å². The molecule has 19 heavy (non-hydrogen) atoms. The SMILES string of the molecule is CCCNC(Cc1ccccc1)C1C(C)(C)C1(C)C. The fourth-order valence-corrected chi connectivity index (χ4v) is 3.76. The van der Waals surface area contributed by atoms with Gasteiger partial charge in [0, 0.05) is 6.04 Å². The van der Waals surface area contributed by atoms with Gasteiger partial charge in [-0.05, 0) is 41.7 Å². The topological polar surface area (TPSA) is 12.0 Å². The zero-order valence-corrected chi connectivity index (χ0v) is 13.2. The lowest BCUT2D eigenvalue weighted by molar-refractivity contribution is 0.395. The molecule has 1 saturated carbocycles. The summed E-state index contributed by atoms with van der Waals surface area (Å²) in [6.45, 7) is 13.1. The second-order valence-electron chi connectivity index (χ2n) is 7.17. The van der Waals surface area contributed by atoms with Gasteiger partial charge >= 0.3 is 0 Å². The molecule has 1 aromatic rings. The van der Waals surface area contributed by atoms with Crippen LogP contribution in [0.25, 0.3) is 0 Å². The molecule has 1 aromatic carbocycles. The maximum atomic E-state index is 3.79. The van der Waals surface area contributed by atoms with E-state index < -0.39 is 0 Å². The molecule has 1 fully saturated rings. The first-order chi connectivity index (χ1) is 8.91. The molecular formula is C18H29N. The van der Waals surface area contributed by atoms with Crippen molar-refractivity contribution in [1.29, 1.82) is 0 Å². The van der Waals surface area contributed by atoms with Gasteiger partial charge in [-0.1, -0.05) is 65.0 Å². The molecule has 106 valence electrons. The predicted molar refractivity (Wildman–Crippen MR) is 83.3 cm³/mol. The van der Waals surface area contributed by atoms with Gasteiger partial charge in [-0.2, -0.15) is 0 Å². The third-order valence-corrected chi connectivity index (χ3v) is 5.49. The summed E-state index contributed by atoms with van der Waals surface area (Å²) in [5.74, 6) is 0.770. The minimum atomic E-state index is 0.452. The molecule has 0 heterocycles. The summed E-state index contributed by atoms with van der Waals surface area (Å²) in [7, 11) is 0. The van der Waals surface area contributed by atoms with E-state index in [9.17, 15) is 0 Å². The van der Waals surface area contributed by atoms with Crippen molar-refractivity contribution in [3.05, 3.63) is 35.9 Å². The monoisotopic (exact) mass is 259 g/mol. The Bertz CT molecular complexity index is 391. The van der Waals surface area contributed by atoms with Crippen LogP contribution in [0.1, 0.15) is 46.6 Å². The van der Waals surface area contributed by atoms with E-state index in [1.165, 1.54) is 12.0 Å². The highest BCUT2D eigenvalue weighted by molar-refractivity contribution is 5.21. The molecule has 1 unspecified atom stereocenters. The molecule has 1 aliphatic carbocycles. The van der Waals surface area contributed by atoms with E-state index in [4.69, 9.17) is 0 Å². The summed E-state index contributed by atoms with van der Waals surface area (Å²) in [4.78, 5) is 0. The third kappa shape index (κ3) is 2.72. The van der Waals surface area contributed by atoms with E-state index in [2.05, 4.69) is 70.3 Å². The molecule has 1 nitrogen and oxygen atoms in total. The van der Waals surface area contributed by atoms with Crippen molar-refractivity contribution in [2.75, 3.05) is 6.54 Å². The summed E-state index contributed by atoms with van der Waals surface area (Å²) in [5.41, 5.74) is 2.36. The van der Waals surface area contributed by atoms with Gasteiger partial charge in [0.15, 0.2) is 0 Å². The van der Waals surface area contributed by atoms with E-state index in [1.807, 2.05) is 0 Å². The van der Waals surface area contributed by atoms with Gasteiger partial charge in [-0.15, -0.1) is 0 Å². The molecule has 0 spiro atoms. The molecule has 0 aliphatic heterocycles. The molecule has 2 rings (SSSR count). The van der Waals surface area contributed by atoms with Crippen LogP contribution in [0.5, 0.6) is 0 Å². The van der Waals surface area contributed by atoms with Gasteiger partial charge in [0.25, 0.3) is 0 Å². The van der Waals surface area contributed by atoms with E-state index in [-0.39, 0.29) is 0 Å². The van der Waals surface area contributed by atoms with Crippen LogP contribution in [-0.2, 0) is 6.42 Å². The highest BCUT2D eigenvalue weighted by atomic mass is 15.0. The zero-order valence-electron chi connectivity index (χ0n) is 13.2. The number of rotatable bonds is 6. The van der Waals surface area contributed by atoms with Gasteiger partial charge in [-0.25, -0.2) is 0 Å². The summed E-state index contributed by atoms with van der Waals surface area (Å²) >= 11 is 0. The van der Waals surface area contributed by atoms with Crippen LogP contribution >= 0.6 is 0 Å². The molecule has 1 aliphatic rings. The molecule has 1 heteroatoms. The lowest BCUT2D eigenvalue weighted by Crippen LogP contribution is -2.36. The molecule has 0 saturated heterocycles. The smallest absolute Gasteiger partial charge is 0.0146 e. The summed E-state index contributed by atoms with van der Waals surface area (Å²) in [6.07, 6.45) is 2.36. The Morgan fingerprint density at radius 3 is 2.11 bits per heavy atom. The maximum Gasteiger partial charge on any atom is 0.0146 e. The quantitative estimate of drug-likeness (QED) is 0.804. The Balaban J connectivity index is 2.10. The molecule has 0 amide bonds. The lowest BCUT2D eigenvalue weighted by atomic mass is 9.96. The highest BCUT2D eigenvalue weighted by Crippen LogP contribution is 2.69. The van der Waals surface area contributed by atoms with Crippen molar-refractivity contribution in [2.24, 2.45) is 16.7 Å². The van der Waals surface area contributed by atoms with E-state index >= 15 is 0 Å². The van der Waals surface area contributed by atoms with E-state index in [0.29, 0.717) is 16.9 Å². The van der Waals surface area contributed by atoms with Crippen LogP contribution in [0.15, 0.2) is 30.3 Å². The van der Waals surface area contributed by atoms with Crippen LogP contribution < -0.4 is 5.32 Å². The number of nitrogens with one attached hydrogen (secondary N) is 1. The predicted octanol–water partition coefficient (Wildman–Crippen LogP) is 4.28. The van der Waals surface area contributed by atoms with Crippen molar-refractivity contribution in [3.8, 4) is 0 Å². The number of hydrogen-bond donors (Lipinski definition) is 1. The molecule has 0 bridgehead atoms. The second kappa shape index (κ2) is 5.28. The van der Waals surface area contributed by atoms with E-state index in [0.717, 1.165) is 18.9 Å². The maximum absolute atomic E-state index is 3.79. The van der Waals surface area contributed by atoms with Gasteiger partial charge in [-0.3, -0.25) is 0 Å². The zero-order chi connectivity index (χ0) is 14.1. The van der Waals surface area contributed by atoms with Crippen LogP contribution in [-0.4, -0.2) is 12.6 Å². The van der Waals surface area contributed by atoms with Crippen molar-refractivity contribution in [1.82, 2.24) is 5.32 Å². The minimum absolute atomic E-state index is 0.452. The average Bonchev–Trinajstić information content (AvgIpc) is 2.77. The Morgan fingerprint density at radius 1 is 1.05 bits per heavy atom. The normalized spacial score (nSPS) is 22.2. The molecule has 1 N–H and O–H groups in total. The average molecular weight is 259 g/mol. The third-order valence-electron chi connectivity index (χ3n) is 5.49. The fourth-order valence-electron chi connectivity index (χ4n) is 3.76. The fraction of sp³-hybridized carbons (Fsp3) is 0.667. The minimum Gasteiger partial charge on any atom is -0.313 e. The van der Waals surface area contributed by atoms with Crippen molar-refractivity contribution < 1.29 is 0 Å².